The van der Waals surface area contributed by atoms with Gasteiger partial charge >= 0.3 is 0 Å². The lowest BCUT2D eigenvalue weighted by Crippen LogP contribution is -2.03. The average molecular weight is 381 g/mol. The maximum atomic E-state index is 6.53. The SMILES string of the molecule is N/C(=C\c1ccccc1)c1c(-c2ccccc2)cc(-c2ccccc2)nc1S. The second-order valence-electron chi connectivity index (χ2n) is 6.50. The minimum atomic E-state index is 0.616. The molecule has 0 atom stereocenters. The molecule has 0 saturated carbocycles. The van der Waals surface area contributed by atoms with Crippen molar-refractivity contribution in [3.05, 3.63) is 108 Å². The van der Waals surface area contributed by atoms with E-state index in [4.69, 9.17) is 23.3 Å². The van der Waals surface area contributed by atoms with Crippen molar-refractivity contribution < 1.29 is 0 Å². The van der Waals surface area contributed by atoms with E-state index in [-0.39, 0.29) is 0 Å². The van der Waals surface area contributed by atoms with Gasteiger partial charge in [-0.2, -0.15) is 0 Å². The van der Waals surface area contributed by atoms with Gasteiger partial charge in [-0.15, -0.1) is 12.6 Å². The van der Waals surface area contributed by atoms with Gasteiger partial charge in [0.1, 0.15) is 5.03 Å². The van der Waals surface area contributed by atoms with Crippen molar-refractivity contribution in [1.29, 1.82) is 0 Å². The first-order valence-corrected chi connectivity index (χ1v) is 9.54. The van der Waals surface area contributed by atoms with Crippen molar-refractivity contribution >= 4 is 24.4 Å². The van der Waals surface area contributed by atoms with Crippen LogP contribution in [0, 0.1) is 0 Å². The lowest BCUT2D eigenvalue weighted by molar-refractivity contribution is 1.13. The Balaban J connectivity index is 1.92. The molecular weight excluding hydrogens is 360 g/mol. The third-order valence-corrected chi connectivity index (χ3v) is 4.89. The molecule has 2 N–H and O–H groups in total. The number of pyridine rings is 1. The number of thiol groups is 1. The quantitative estimate of drug-likeness (QED) is 0.416. The highest BCUT2D eigenvalue weighted by Crippen LogP contribution is 2.35. The first-order chi connectivity index (χ1) is 13.7. The summed E-state index contributed by atoms with van der Waals surface area (Å²) in [6.45, 7) is 0. The van der Waals surface area contributed by atoms with Crippen molar-refractivity contribution in [2.24, 2.45) is 5.73 Å². The lowest BCUT2D eigenvalue weighted by Gasteiger charge is -2.15. The van der Waals surface area contributed by atoms with Crippen molar-refractivity contribution in [2.75, 3.05) is 0 Å². The van der Waals surface area contributed by atoms with Gasteiger partial charge < -0.3 is 5.73 Å². The molecule has 3 aromatic carbocycles. The Morgan fingerprint density at radius 2 is 1.29 bits per heavy atom. The van der Waals surface area contributed by atoms with Crippen LogP contribution in [0.5, 0.6) is 0 Å². The zero-order valence-electron chi connectivity index (χ0n) is 15.3. The molecule has 0 saturated heterocycles. The Kier molecular flexibility index (Phi) is 5.27. The zero-order chi connectivity index (χ0) is 19.3. The molecule has 1 heterocycles. The molecule has 0 spiro atoms. The molecule has 136 valence electrons. The first kappa shape index (κ1) is 18.1. The van der Waals surface area contributed by atoms with E-state index in [1.807, 2.05) is 84.9 Å². The maximum absolute atomic E-state index is 6.53. The highest BCUT2D eigenvalue weighted by atomic mass is 32.1. The van der Waals surface area contributed by atoms with Crippen molar-refractivity contribution in [2.45, 2.75) is 5.03 Å². The van der Waals surface area contributed by atoms with Crippen LogP contribution in [0.3, 0.4) is 0 Å². The van der Waals surface area contributed by atoms with Gasteiger partial charge in [0.2, 0.25) is 0 Å². The molecule has 0 aliphatic carbocycles. The highest BCUT2D eigenvalue weighted by Gasteiger charge is 2.15. The van der Waals surface area contributed by atoms with Gasteiger partial charge in [-0.25, -0.2) is 4.98 Å². The summed E-state index contributed by atoms with van der Waals surface area (Å²) in [5, 5.41) is 0.616. The van der Waals surface area contributed by atoms with Gasteiger partial charge in [0.25, 0.3) is 0 Å². The number of rotatable bonds is 4. The van der Waals surface area contributed by atoms with E-state index >= 15 is 0 Å². The number of benzene rings is 3. The number of nitrogens with zero attached hydrogens (tertiary/aromatic N) is 1. The number of nitrogens with two attached hydrogens (primary N) is 1. The summed E-state index contributed by atoms with van der Waals surface area (Å²) in [7, 11) is 0. The van der Waals surface area contributed by atoms with Crippen molar-refractivity contribution in [3.63, 3.8) is 0 Å². The Morgan fingerprint density at radius 1 is 0.750 bits per heavy atom. The third-order valence-electron chi connectivity index (χ3n) is 4.57. The van der Waals surface area contributed by atoms with E-state index in [2.05, 4.69) is 18.2 Å². The van der Waals surface area contributed by atoms with E-state index in [0.29, 0.717) is 10.7 Å². The minimum absolute atomic E-state index is 0.616. The number of hydrogen-bond donors (Lipinski definition) is 2. The van der Waals surface area contributed by atoms with E-state index in [1.54, 1.807) is 0 Å². The zero-order valence-corrected chi connectivity index (χ0v) is 16.2. The Labute approximate surface area is 170 Å². The molecule has 0 fully saturated rings. The van der Waals surface area contributed by atoms with Gasteiger partial charge in [-0.3, -0.25) is 0 Å². The van der Waals surface area contributed by atoms with Crippen LogP contribution >= 0.6 is 12.6 Å². The smallest absolute Gasteiger partial charge is 0.104 e. The predicted octanol–water partition coefficient (Wildman–Crippen LogP) is 6.16. The summed E-state index contributed by atoms with van der Waals surface area (Å²) in [6.07, 6.45) is 1.96. The highest BCUT2D eigenvalue weighted by molar-refractivity contribution is 7.80. The molecular formula is C25H20N2S. The minimum Gasteiger partial charge on any atom is -0.398 e. The van der Waals surface area contributed by atoms with Crippen molar-refractivity contribution in [1.82, 2.24) is 4.98 Å². The van der Waals surface area contributed by atoms with Gasteiger partial charge in [0, 0.05) is 16.8 Å². The summed E-state index contributed by atoms with van der Waals surface area (Å²) >= 11 is 4.71. The topological polar surface area (TPSA) is 38.9 Å². The van der Waals surface area contributed by atoms with Gasteiger partial charge in [-0.1, -0.05) is 91.0 Å². The summed E-state index contributed by atoms with van der Waals surface area (Å²) in [6, 6.07) is 32.5. The fourth-order valence-corrected chi connectivity index (χ4v) is 3.58. The predicted molar refractivity (Wildman–Crippen MR) is 121 cm³/mol. The fourth-order valence-electron chi connectivity index (χ4n) is 3.22. The molecule has 0 unspecified atom stereocenters. The Bertz CT molecular complexity index is 1110. The second-order valence-corrected chi connectivity index (χ2v) is 6.92. The molecule has 0 aliphatic rings. The van der Waals surface area contributed by atoms with Crippen LogP contribution in [-0.4, -0.2) is 4.98 Å². The van der Waals surface area contributed by atoms with Gasteiger partial charge in [0.15, 0.2) is 0 Å². The fraction of sp³-hybridized carbons (Fsp3) is 0. The summed E-state index contributed by atoms with van der Waals surface area (Å²) in [5.41, 5.74) is 13.1. The van der Waals surface area contributed by atoms with Gasteiger partial charge in [0.05, 0.1) is 5.69 Å². The maximum Gasteiger partial charge on any atom is 0.104 e. The second kappa shape index (κ2) is 8.15. The van der Waals surface area contributed by atoms with E-state index in [9.17, 15) is 0 Å². The molecule has 4 rings (SSSR count). The molecule has 0 amide bonds. The van der Waals surface area contributed by atoms with Crippen LogP contribution in [0.1, 0.15) is 11.1 Å². The van der Waals surface area contributed by atoms with Gasteiger partial charge in [-0.05, 0) is 28.8 Å². The van der Waals surface area contributed by atoms with E-state index in [1.165, 1.54) is 0 Å². The van der Waals surface area contributed by atoms with Crippen LogP contribution in [0.25, 0.3) is 34.2 Å². The lowest BCUT2D eigenvalue weighted by atomic mass is 9.96. The number of hydrogen-bond acceptors (Lipinski definition) is 3. The summed E-state index contributed by atoms with van der Waals surface area (Å²) < 4.78 is 0. The molecule has 0 bridgehead atoms. The molecule has 0 radical (unpaired) electrons. The Morgan fingerprint density at radius 3 is 1.89 bits per heavy atom. The molecule has 28 heavy (non-hydrogen) atoms. The standard InChI is InChI=1S/C25H20N2S/c26-22(16-18-10-4-1-5-11-18)24-21(19-12-6-2-7-13-19)17-23(27-25(24)28)20-14-8-3-9-15-20/h1-17H,26H2,(H,27,28)/b22-16-. The average Bonchev–Trinajstić information content (AvgIpc) is 2.75. The van der Waals surface area contributed by atoms with Crippen LogP contribution in [0.4, 0.5) is 0 Å². The monoisotopic (exact) mass is 380 g/mol. The van der Waals surface area contributed by atoms with Crippen LogP contribution < -0.4 is 5.73 Å². The van der Waals surface area contributed by atoms with E-state index in [0.717, 1.165) is 33.5 Å². The van der Waals surface area contributed by atoms with Crippen LogP contribution in [-0.2, 0) is 0 Å². The molecule has 1 aromatic heterocycles. The molecule has 3 heteroatoms. The Hall–Kier alpha value is -3.30. The molecule has 0 aliphatic heterocycles. The van der Waals surface area contributed by atoms with Crippen molar-refractivity contribution in [3.8, 4) is 22.4 Å². The van der Waals surface area contributed by atoms with E-state index < -0.39 is 0 Å². The molecule has 2 nitrogen and oxygen atoms in total. The summed E-state index contributed by atoms with van der Waals surface area (Å²) in [5.74, 6) is 0. The summed E-state index contributed by atoms with van der Waals surface area (Å²) in [4.78, 5) is 4.74. The van der Waals surface area contributed by atoms with Crippen LogP contribution in [0.15, 0.2) is 102 Å². The largest absolute Gasteiger partial charge is 0.398 e. The number of aromatic nitrogens is 1. The normalized spacial score (nSPS) is 11.4. The third kappa shape index (κ3) is 3.85. The van der Waals surface area contributed by atoms with Crippen LogP contribution in [0.2, 0.25) is 0 Å². The first-order valence-electron chi connectivity index (χ1n) is 9.10. The molecule has 4 aromatic rings.